The van der Waals surface area contributed by atoms with Crippen LogP contribution in [-0.2, 0) is 12.7 Å². The third kappa shape index (κ3) is 4.82. The molecule has 1 N–H and O–H groups in total. The van der Waals surface area contributed by atoms with E-state index in [9.17, 15) is 13.2 Å². The molecule has 0 radical (unpaired) electrons. The van der Waals surface area contributed by atoms with Crippen LogP contribution in [0.15, 0.2) is 24.3 Å². The molecule has 0 bridgehead atoms. The van der Waals surface area contributed by atoms with Gasteiger partial charge in [0.1, 0.15) is 0 Å². The minimum atomic E-state index is -4.24. The van der Waals surface area contributed by atoms with Gasteiger partial charge in [0.2, 0.25) is 0 Å². The van der Waals surface area contributed by atoms with Crippen molar-refractivity contribution in [1.29, 1.82) is 0 Å². The predicted molar refractivity (Wildman–Crippen MR) is 74.3 cm³/mol. The Bertz CT molecular complexity index is 391. The van der Waals surface area contributed by atoms with Crippen molar-refractivity contribution in [1.82, 2.24) is 5.32 Å². The van der Waals surface area contributed by atoms with Crippen molar-refractivity contribution < 1.29 is 13.2 Å². The third-order valence-corrected chi connectivity index (χ3v) is 4.06. The Hall–Kier alpha value is -1.03. The first kappa shape index (κ1) is 15.4. The van der Waals surface area contributed by atoms with Crippen molar-refractivity contribution in [2.75, 3.05) is 6.54 Å². The Morgan fingerprint density at radius 1 is 1.00 bits per heavy atom. The van der Waals surface area contributed by atoms with Crippen LogP contribution in [0.5, 0.6) is 0 Å². The summed E-state index contributed by atoms with van der Waals surface area (Å²) in [7, 11) is 0. The Kier molecular flexibility index (Phi) is 5.46. The minimum absolute atomic E-state index is 0.580. The van der Waals surface area contributed by atoms with Gasteiger partial charge in [-0.05, 0) is 36.6 Å². The van der Waals surface area contributed by atoms with Crippen LogP contribution in [0.3, 0.4) is 0 Å². The van der Waals surface area contributed by atoms with Gasteiger partial charge < -0.3 is 5.32 Å². The number of nitrogens with one attached hydrogen (secondary N) is 1. The second-order valence-corrected chi connectivity index (χ2v) is 5.66. The van der Waals surface area contributed by atoms with Crippen molar-refractivity contribution in [3.8, 4) is 0 Å². The summed E-state index contributed by atoms with van der Waals surface area (Å²) in [4.78, 5) is 0. The zero-order valence-electron chi connectivity index (χ0n) is 11.7. The van der Waals surface area contributed by atoms with Crippen LogP contribution in [0.2, 0.25) is 0 Å². The van der Waals surface area contributed by atoms with Crippen LogP contribution in [0, 0.1) is 5.92 Å². The van der Waals surface area contributed by atoms with E-state index in [1.54, 1.807) is 12.1 Å². The average molecular weight is 285 g/mol. The van der Waals surface area contributed by atoms with Gasteiger partial charge in [0, 0.05) is 6.54 Å². The molecule has 20 heavy (non-hydrogen) atoms. The maximum Gasteiger partial charge on any atom is 0.416 e. The summed E-state index contributed by atoms with van der Waals surface area (Å²) in [6.07, 6.45) is 3.68. The molecule has 0 amide bonds. The number of hydrogen-bond acceptors (Lipinski definition) is 1. The summed E-state index contributed by atoms with van der Waals surface area (Å²) in [6, 6.07) is 5.41. The van der Waals surface area contributed by atoms with Gasteiger partial charge in [0.15, 0.2) is 0 Å². The lowest BCUT2D eigenvalue weighted by atomic mass is 9.87. The molecule has 1 aromatic carbocycles. The number of rotatable bonds is 5. The molecule has 4 heteroatoms. The first-order valence-electron chi connectivity index (χ1n) is 7.42. The van der Waals surface area contributed by atoms with Gasteiger partial charge in [0.05, 0.1) is 5.56 Å². The maximum absolute atomic E-state index is 12.4. The first-order chi connectivity index (χ1) is 9.55. The van der Waals surface area contributed by atoms with E-state index in [0.29, 0.717) is 6.54 Å². The minimum Gasteiger partial charge on any atom is -0.313 e. The highest BCUT2D eigenvalue weighted by molar-refractivity contribution is 5.24. The topological polar surface area (TPSA) is 12.0 Å². The molecule has 0 spiro atoms. The molecule has 0 heterocycles. The summed E-state index contributed by atoms with van der Waals surface area (Å²) in [5.41, 5.74) is 0.324. The fourth-order valence-electron chi connectivity index (χ4n) is 2.83. The van der Waals surface area contributed by atoms with Crippen LogP contribution in [-0.4, -0.2) is 6.54 Å². The molecule has 2 rings (SSSR count). The van der Waals surface area contributed by atoms with Gasteiger partial charge in [-0.2, -0.15) is 13.2 Å². The highest BCUT2D eigenvalue weighted by Gasteiger charge is 2.29. The first-order valence-corrected chi connectivity index (χ1v) is 7.42. The Morgan fingerprint density at radius 2 is 1.65 bits per heavy atom. The number of benzene rings is 1. The van der Waals surface area contributed by atoms with E-state index in [1.165, 1.54) is 38.5 Å². The quantitative estimate of drug-likeness (QED) is 0.769. The molecule has 1 fully saturated rings. The van der Waals surface area contributed by atoms with E-state index >= 15 is 0 Å². The van der Waals surface area contributed by atoms with Crippen LogP contribution in [0.25, 0.3) is 0 Å². The number of hydrogen-bond donors (Lipinski definition) is 1. The van der Waals surface area contributed by atoms with Crippen LogP contribution in [0.4, 0.5) is 13.2 Å². The Balaban J connectivity index is 1.68. The summed E-state index contributed by atoms with van der Waals surface area (Å²) in [6.45, 7) is 1.59. The van der Waals surface area contributed by atoms with Crippen molar-refractivity contribution in [3.05, 3.63) is 35.4 Å². The molecule has 1 aliphatic rings. The smallest absolute Gasteiger partial charge is 0.313 e. The molecule has 1 nitrogen and oxygen atoms in total. The maximum atomic E-state index is 12.4. The number of halogens is 3. The highest BCUT2D eigenvalue weighted by Crippen LogP contribution is 2.29. The average Bonchev–Trinajstić information content (AvgIpc) is 2.44. The van der Waals surface area contributed by atoms with Gasteiger partial charge in [-0.3, -0.25) is 0 Å². The summed E-state index contributed by atoms with van der Waals surface area (Å²) in [5.74, 6) is 0.837. The largest absolute Gasteiger partial charge is 0.416 e. The van der Waals surface area contributed by atoms with Gasteiger partial charge in [-0.25, -0.2) is 0 Å². The van der Waals surface area contributed by atoms with E-state index in [2.05, 4.69) is 5.32 Å². The fourth-order valence-corrected chi connectivity index (χ4v) is 2.83. The molecule has 1 aliphatic carbocycles. The van der Waals surface area contributed by atoms with E-state index in [1.807, 2.05) is 0 Å². The van der Waals surface area contributed by atoms with Gasteiger partial charge in [0.25, 0.3) is 0 Å². The lowest BCUT2D eigenvalue weighted by Crippen LogP contribution is -2.19. The highest BCUT2D eigenvalue weighted by atomic mass is 19.4. The van der Waals surface area contributed by atoms with E-state index < -0.39 is 11.7 Å². The monoisotopic (exact) mass is 285 g/mol. The third-order valence-electron chi connectivity index (χ3n) is 4.06. The SMILES string of the molecule is FC(F)(F)c1ccc(CNCCC2CCCCC2)cc1. The van der Waals surface area contributed by atoms with E-state index in [0.717, 1.165) is 30.2 Å². The predicted octanol–water partition coefficient (Wildman–Crippen LogP) is 4.77. The number of alkyl halides is 3. The van der Waals surface area contributed by atoms with E-state index in [-0.39, 0.29) is 0 Å². The van der Waals surface area contributed by atoms with Gasteiger partial charge >= 0.3 is 6.18 Å². The summed E-state index contributed by atoms with van der Waals surface area (Å²) < 4.78 is 37.2. The summed E-state index contributed by atoms with van der Waals surface area (Å²) >= 11 is 0. The van der Waals surface area contributed by atoms with Crippen LogP contribution in [0.1, 0.15) is 49.7 Å². The molecule has 0 atom stereocenters. The molecule has 112 valence electrons. The van der Waals surface area contributed by atoms with Crippen LogP contribution < -0.4 is 5.32 Å². The Morgan fingerprint density at radius 3 is 2.25 bits per heavy atom. The molecule has 1 saturated carbocycles. The molecular weight excluding hydrogens is 263 g/mol. The fraction of sp³-hybridized carbons (Fsp3) is 0.625. The Labute approximate surface area is 118 Å². The van der Waals surface area contributed by atoms with Crippen molar-refractivity contribution in [2.45, 2.75) is 51.2 Å². The normalized spacial score (nSPS) is 17.4. The molecule has 0 aliphatic heterocycles. The lowest BCUT2D eigenvalue weighted by molar-refractivity contribution is -0.137. The molecule has 0 unspecified atom stereocenters. The van der Waals surface area contributed by atoms with Crippen LogP contribution >= 0.6 is 0 Å². The molecule has 1 aromatic rings. The molecule has 0 aromatic heterocycles. The zero-order chi connectivity index (χ0) is 14.4. The van der Waals surface area contributed by atoms with Gasteiger partial charge in [-0.1, -0.05) is 44.2 Å². The second kappa shape index (κ2) is 7.11. The molecular formula is C16H22F3N. The standard InChI is InChI=1S/C16H22F3N/c17-16(18,19)15-8-6-14(7-9-15)12-20-11-10-13-4-2-1-3-5-13/h6-9,13,20H,1-5,10-12H2. The van der Waals surface area contributed by atoms with Crippen molar-refractivity contribution >= 4 is 0 Å². The zero-order valence-corrected chi connectivity index (χ0v) is 11.7. The van der Waals surface area contributed by atoms with Crippen molar-refractivity contribution in [3.63, 3.8) is 0 Å². The lowest BCUT2D eigenvalue weighted by Gasteiger charge is -2.21. The van der Waals surface area contributed by atoms with Gasteiger partial charge in [-0.15, -0.1) is 0 Å². The van der Waals surface area contributed by atoms with Crippen molar-refractivity contribution in [2.24, 2.45) is 5.92 Å². The van der Waals surface area contributed by atoms with E-state index in [4.69, 9.17) is 0 Å². The summed E-state index contributed by atoms with van der Waals surface area (Å²) in [5, 5.41) is 3.33. The molecule has 0 saturated heterocycles. The second-order valence-electron chi connectivity index (χ2n) is 5.66.